The molecule has 0 amide bonds. The van der Waals surface area contributed by atoms with Crippen LogP contribution in [-0.2, 0) is 14.3 Å². The van der Waals surface area contributed by atoms with E-state index in [-0.39, 0.29) is 17.1 Å². The van der Waals surface area contributed by atoms with Crippen molar-refractivity contribution in [2.75, 3.05) is 14.2 Å². The molecular formula is C21H16ClNO5. The molecule has 0 atom stereocenters. The minimum atomic E-state index is -0.560. The van der Waals surface area contributed by atoms with E-state index in [0.29, 0.717) is 27.4 Å². The Bertz CT molecular complexity index is 1040. The average Bonchev–Trinajstić information content (AvgIpc) is 3.21. The molecule has 0 saturated carbocycles. The summed E-state index contributed by atoms with van der Waals surface area (Å²) in [5.74, 6) is -0.814. The molecule has 0 N–H and O–H groups in total. The first-order chi connectivity index (χ1) is 13.5. The lowest BCUT2D eigenvalue weighted by Crippen LogP contribution is -2.05. The molecule has 3 rings (SSSR count). The Hall–Kier alpha value is -3.38. The van der Waals surface area contributed by atoms with Crippen molar-refractivity contribution < 1.29 is 23.6 Å². The van der Waals surface area contributed by atoms with Gasteiger partial charge in [0, 0.05) is 27.8 Å². The number of halogens is 1. The number of methoxy groups -OCH3 is 2. The maximum Gasteiger partial charge on any atom is 0.341 e. The van der Waals surface area contributed by atoms with Gasteiger partial charge < -0.3 is 14.0 Å². The van der Waals surface area contributed by atoms with Crippen molar-refractivity contribution in [2.45, 2.75) is 0 Å². The van der Waals surface area contributed by atoms with Gasteiger partial charge in [-0.05, 0) is 24.3 Å². The topological polar surface area (TPSA) is 78.6 Å². The van der Waals surface area contributed by atoms with Gasteiger partial charge in [0.2, 0.25) is 11.5 Å². The first-order valence-corrected chi connectivity index (χ1v) is 8.61. The van der Waals surface area contributed by atoms with Gasteiger partial charge in [0.25, 0.3) is 0 Å². The van der Waals surface area contributed by atoms with Gasteiger partial charge in [-0.2, -0.15) is 0 Å². The molecule has 0 unspecified atom stereocenters. The van der Waals surface area contributed by atoms with Crippen LogP contribution in [-0.4, -0.2) is 31.1 Å². The monoisotopic (exact) mass is 397 g/mol. The maximum atomic E-state index is 12.6. The van der Waals surface area contributed by atoms with Crippen molar-refractivity contribution in [3.8, 4) is 11.3 Å². The summed E-state index contributed by atoms with van der Waals surface area (Å²) in [4.78, 5) is 24.7. The van der Waals surface area contributed by atoms with Crippen molar-refractivity contribution in [3.05, 3.63) is 82.8 Å². The van der Waals surface area contributed by atoms with E-state index in [9.17, 15) is 9.59 Å². The fourth-order valence-corrected chi connectivity index (χ4v) is 2.77. The zero-order valence-electron chi connectivity index (χ0n) is 15.1. The Labute approximate surface area is 166 Å². The van der Waals surface area contributed by atoms with Crippen LogP contribution in [0.1, 0.15) is 21.7 Å². The molecule has 6 nitrogen and oxygen atoms in total. The van der Waals surface area contributed by atoms with Crippen LogP contribution in [0.25, 0.3) is 16.8 Å². The molecular weight excluding hydrogens is 382 g/mol. The van der Waals surface area contributed by atoms with Crippen molar-refractivity contribution in [1.82, 2.24) is 5.16 Å². The third-order valence-electron chi connectivity index (χ3n) is 3.97. The van der Waals surface area contributed by atoms with Crippen LogP contribution in [0.2, 0.25) is 5.02 Å². The van der Waals surface area contributed by atoms with Crippen LogP contribution in [0.15, 0.2) is 65.4 Å². The van der Waals surface area contributed by atoms with Gasteiger partial charge in [0.1, 0.15) is 11.3 Å². The van der Waals surface area contributed by atoms with Crippen LogP contribution >= 0.6 is 11.6 Å². The predicted octanol–water partition coefficient (Wildman–Crippen LogP) is 4.39. The molecule has 0 bridgehead atoms. The molecule has 28 heavy (non-hydrogen) atoms. The molecule has 0 fully saturated rings. The van der Waals surface area contributed by atoms with Crippen LogP contribution in [0.5, 0.6) is 0 Å². The Morgan fingerprint density at radius 2 is 1.79 bits per heavy atom. The molecule has 1 heterocycles. The molecule has 0 saturated heterocycles. The number of hydrogen-bond donors (Lipinski definition) is 0. The Morgan fingerprint density at radius 3 is 2.46 bits per heavy atom. The summed E-state index contributed by atoms with van der Waals surface area (Å²) in [7, 11) is 2.72. The molecule has 7 heteroatoms. The van der Waals surface area contributed by atoms with E-state index in [1.54, 1.807) is 48.5 Å². The van der Waals surface area contributed by atoms with E-state index in [0.717, 1.165) is 0 Å². The number of carbonyl (C=O) groups is 2. The molecule has 142 valence electrons. The smallest absolute Gasteiger partial charge is 0.341 e. The SMILES string of the molecule is COC=C(C(=O)OC)c1ccccc1-c1cc(C(=O)c2ccc(Cl)cc2)on1. The standard InChI is InChI=1S/C21H16ClNO5/c1-26-12-17(21(25)27-2)15-5-3-4-6-16(15)18-11-19(28-23-18)20(24)13-7-9-14(22)10-8-13/h3-12H,1-2H3. The number of aromatic nitrogens is 1. The maximum absolute atomic E-state index is 12.6. The van der Waals surface area contributed by atoms with Gasteiger partial charge in [-0.1, -0.05) is 41.0 Å². The summed E-state index contributed by atoms with van der Waals surface area (Å²) in [5, 5.41) is 4.53. The fraction of sp³-hybridized carbons (Fsp3) is 0.0952. The summed E-state index contributed by atoms with van der Waals surface area (Å²) in [6.07, 6.45) is 1.30. The number of nitrogens with zero attached hydrogens (tertiary/aromatic N) is 1. The highest BCUT2D eigenvalue weighted by Gasteiger charge is 2.21. The second-order valence-corrected chi connectivity index (χ2v) is 6.15. The van der Waals surface area contributed by atoms with Gasteiger partial charge in [0.15, 0.2) is 0 Å². The third-order valence-corrected chi connectivity index (χ3v) is 4.23. The number of ketones is 1. The number of hydrogen-bond acceptors (Lipinski definition) is 6. The summed E-state index contributed by atoms with van der Waals surface area (Å²) in [5.41, 5.74) is 2.17. The number of benzene rings is 2. The molecule has 0 aliphatic rings. The van der Waals surface area contributed by atoms with Gasteiger partial charge in [-0.25, -0.2) is 4.79 Å². The second-order valence-electron chi connectivity index (χ2n) is 5.72. The Balaban J connectivity index is 2.00. The van der Waals surface area contributed by atoms with E-state index in [2.05, 4.69) is 5.16 Å². The van der Waals surface area contributed by atoms with Gasteiger partial charge in [0.05, 0.1) is 20.5 Å². The van der Waals surface area contributed by atoms with Crippen molar-refractivity contribution in [2.24, 2.45) is 0 Å². The van der Waals surface area contributed by atoms with Gasteiger partial charge in [-0.15, -0.1) is 0 Å². The lowest BCUT2D eigenvalue weighted by Gasteiger charge is -2.09. The van der Waals surface area contributed by atoms with Crippen LogP contribution < -0.4 is 0 Å². The van der Waals surface area contributed by atoms with Crippen molar-refractivity contribution >= 4 is 28.9 Å². The number of rotatable bonds is 6. The zero-order valence-corrected chi connectivity index (χ0v) is 15.9. The van der Waals surface area contributed by atoms with E-state index in [1.807, 2.05) is 0 Å². The van der Waals surface area contributed by atoms with Gasteiger partial charge >= 0.3 is 5.97 Å². The quantitative estimate of drug-likeness (QED) is 0.266. The Kier molecular flexibility index (Phi) is 5.91. The summed E-state index contributed by atoms with van der Waals surface area (Å²) in [6, 6.07) is 15.0. The molecule has 0 radical (unpaired) electrons. The first-order valence-electron chi connectivity index (χ1n) is 8.23. The van der Waals surface area contributed by atoms with Crippen LogP contribution in [0, 0.1) is 0 Å². The highest BCUT2D eigenvalue weighted by molar-refractivity contribution is 6.30. The lowest BCUT2D eigenvalue weighted by atomic mass is 9.98. The van der Waals surface area contributed by atoms with Crippen LogP contribution in [0.4, 0.5) is 0 Å². The Morgan fingerprint density at radius 1 is 1.07 bits per heavy atom. The van der Waals surface area contributed by atoms with E-state index < -0.39 is 5.97 Å². The van der Waals surface area contributed by atoms with E-state index in [4.69, 9.17) is 25.6 Å². The summed E-state index contributed by atoms with van der Waals surface area (Å²) >= 11 is 5.86. The lowest BCUT2D eigenvalue weighted by molar-refractivity contribution is -0.133. The number of ether oxygens (including phenoxy) is 2. The molecule has 3 aromatic rings. The predicted molar refractivity (Wildman–Crippen MR) is 104 cm³/mol. The molecule has 0 spiro atoms. The summed E-state index contributed by atoms with van der Waals surface area (Å²) < 4.78 is 15.1. The highest BCUT2D eigenvalue weighted by atomic mass is 35.5. The van der Waals surface area contributed by atoms with Gasteiger partial charge in [-0.3, -0.25) is 4.79 Å². The minimum Gasteiger partial charge on any atom is -0.503 e. The van der Waals surface area contributed by atoms with Crippen molar-refractivity contribution in [1.29, 1.82) is 0 Å². The molecule has 0 aliphatic heterocycles. The van der Waals surface area contributed by atoms with E-state index >= 15 is 0 Å². The average molecular weight is 398 g/mol. The van der Waals surface area contributed by atoms with Crippen molar-refractivity contribution in [3.63, 3.8) is 0 Å². The largest absolute Gasteiger partial charge is 0.503 e. The summed E-state index contributed by atoms with van der Waals surface area (Å²) in [6.45, 7) is 0. The second kappa shape index (κ2) is 8.54. The highest BCUT2D eigenvalue weighted by Crippen LogP contribution is 2.30. The fourth-order valence-electron chi connectivity index (χ4n) is 2.64. The first kappa shape index (κ1) is 19.4. The van der Waals surface area contributed by atoms with E-state index in [1.165, 1.54) is 26.5 Å². The third kappa shape index (κ3) is 3.97. The normalized spacial score (nSPS) is 11.2. The molecule has 1 aromatic heterocycles. The van der Waals surface area contributed by atoms with Crippen LogP contribution in [0.3, 0.4) is 0 Å². The number of esters is 1. The molecule has 2 aromatic carbocycles. The zero-order chi connectivity index (χ0) is 20.1. The molecule has 0 aliphatic carbocycles. The minimum absolute atomic E-state index is 0.0717. The number of carbonyl (C=O) groups excluding carboxylic acids is 2.